The maximum atomic E-state index is 5.02. The summed E-state index contributed by atoms with van der Waals surface area (Å²) in [6.07, 6.45) is 0. The molecule has 0 aliphatic carbocycles. The Morgan fingerprint density at radius 2 is 0.640 bits per heavy atom. The third-order valence-electron chi connectivity index (χ3n) is 9.27. The lowest BCUT2D eigenvalue weighted by Gasteiger charge is -2.17. The van der Waals surface area contributed by atoms with Gasteiger partial charge in [0.1, 0.15) is 0 Å². The van der Waals surface area contributed by atoms with E-state index in [1.165, 1.54) is 38.2 Å². The zero-order chi connectivity index (χ0) is 34.9. The maximum absolute atomic E-state index is 5.02. The van der Waals surface area contributed by atoms with Crippen molar-refractivity contribution in [3.8, 4) is 67.5 Å². The molecule has 0 amide bonds. The average Bonchev–Trinajstić information content (AvgIpc) is 3.14. The van der Waals surface area contributed by atoms with Gasteiger partial charge in [-0.3, -0.25) is 0 Å². The van der Waals surface area contributed by atoms with Crippen molar-refractivity contribution in [1.82, 2.24) is 15.0 Å². The second-order valence-electron chi connectivity index (χ2n) is 15.1. The van der Waals surface area contributed by atoms with Crippen LogP contribution in [0.3, 0.4) is 0 Å². The van der Waals surface area contributed by atoms with Gasteiger partial charge in [0.15, 0.2) is 17.5 Å². The molecular weight excluding hydrogens is 639 g/mol. The van der Waals surface area contributed by atoms with Crippen molar-refractivity contribution in [2.75, 3.05) is 0 Å². The predicted octanol–water partition coefficient (Wildman–Crippen LogP) is 11.0. The Hall–Kier alpha value is -5.24. The zero-order valence-corrected chi connectivity index (χ0v) is 31.8. The summed E-state index contributed by atoms with van der Waals surface area (Å²) < 4.78 is 0. The Morgan fingerprint density at radius 3 is 1.14 bits per heavy atom. The highest BCUT2D eigenvalue weighted by atomic mass is 28.3. The number of benzene rings is 6. The first-order valence-corrected chi connectivity index (χ1v) is 24.4. The highest BCUT2D eigenvalue weighted by Crippen LogP contribution is 2.31. The Morgan fingerprint density at radius 1 is 0.280 bits per heavy atom. The van der Waals surface area contributed by atoms with Gasteiger partial charge >= 0.3 is 0 Å². The lowest BCUT2D eigenvalue weighted by atomic mass is 9.96. The summed E-state index contributed by atoms with van der Waals surface area (Å²) in [5.41, 5.74) is 10.2. The van der Waals surface area contributed by atoms with Crippen molar-refractivity contribution in [2.24, 2.45) is 0 Å². The standard InChI is InChI=1S/C45H43N3Si2/c1-49(2,3)41-27-25-33(26-28-41)37-16-11-18-39(30-37)38-17-10-15-36(29-38)32-21-23-35(24-22-32)44-46-43(34-13-8-7-9-14-34)47-45(48-44)40-19-12-20-42(31-40)50(4,5)6/h7-31H,1-6H3. The van der Waals surface area contributed by atoms with E-state index in [2.05, 4.69) is 173 Å². The first kappa shape index (κ1) is 33.3. The molecule has 6 aromatic carbocycles. The first-order chi connectivity index (χ1) is 24.0. The van der Waals surface area contributed by atoms with E-state index in [-0.39, 0.29) is 0 Å². The molecule has 1 aromatic heterocycles. The summed E-state index contributed by atoms with van der Waals surface area (Å²) in [7, 11) is -2.85. The fraction of sp³-hybridized carbons (Fsp3) is 0.133. The van der Waals surface area contributed by atoms with E-state index in [4.69, 9.17) is 15.0 Å². The predicted molar refractivity (Wildman–Crippen MR) is 218 cm³/mol. The minimum Gasteiger partial charge on any atom is -0.208 e. The van der Waals surface area contributed by atoms with Crippen LogP contribution in [0.2, 0.25) is 39.3 Å². The van der Waals surface area contributed by atoms with Crippen molar-refractivity contribution in [3.63, 3.8) is 0 Å². The van der Waals surface area contributed by atoms with Gasteiger partial charge in [-0.2, -0.15) is 0 Å². The van der Waals surface area contributed by atoms with Gasteiger partial charge in [-0.05, 0) is 45.5 Å². The number of hydrogen-bond donors (Lipinski definition) is 0. The number of hydrogen-bond acceptors (Lipinski definition) is 3. The summed E-state index contributed by atoms with van der Waals surface area (Å²) in [5, 5.41) is 2.86. The van der Waals surface area contributed by atoms with Crippen LogP contribution >= 0.6 is 0 Å². The van der Waals surface area contributed by atoms with Gasteiger partial charge in [0.05, 0.1) is 16.1 Å². The summed E-state index contributed by atoms with van der Waals surface area (Å²) in [6.45, 7) is 14.3. The van der Waals surface area contributed by atoms with E-state index in [9.17, 15) is 0 Å². The minimum atomic E-state index is -1.51. The summed E-state index contributed by atoms with van der Waals surface area (Å²) in [5.74, 6) is 2.04. The molecule has 0 aliphatic rings. The number of rotatable bonds is 8. The van der Waals surface area contributed by atoms with Crippen LogP contribution in [0.5, 0.6) is 0 Å². The normalized spacial score (nSPS) is 11.8. The molecule has 0 atom stereocenters. The van der Waals surface area contributed by atoms with E-state index in [1.54, 1.807) is 0 Å². The van der Waals surface area contributed by atoms with Gasteiger partial charge in [0.25, 0.3) is 0 Å². The average molecular weight is 682 g/mol. The third-order valence-corrected chi connectivity index (χ3v) is 13.4. The SMILES string of the molecule is C[Si](C)(C)c1ccc(-c2cccc(-c3cccc(-c4ccc(-c5nc(-c6ccccc6)nc(-c6cccc([Si](C)(C)C)c6)n5)cc4)c3)c2)cc1. The van der Waals surface area contributed by atoms with Crippen molar-refractivity contribution in [3.05, 3.63) is 152 Å². The van der Waals surface area contributed by atoms with Crippen LogP contribution in [0.1, 0.15) is 0 Å². The van der Waals surface area contributed by atoms with Gasteiger partial charge in [0.2, 0.25) is 0 Å². The zero-order valence-electron chi connectivity index (χ0n) is 29.8. The van der Waals surface area contributed by atoms with Gasteiger partial charge in [-0.1, -0.05) is 189 Å². The van der Waals surface area contributed by atoms with Gasteiger partial charge < -0.3 is 0 Å². The second-order valence-corrected chi connectivity index (χ2v) is 25.2. The van der Waals surface area contributed by atoms with Crippen LogP contribution < -0.4 is 10.4 Å². The van der Waals surface area contributed by atoms with Crippen LogP contribution in [-0.4, -0.2) is 31.1 Å². The first-order valence-electron chi connectivity index (χ1n) is 17.4. The molecule has 3 nitrogen and oxygen atoms in total. The fourth-order valence-electron chi connectivity index (χ4n) is 6.21. The fourth-order valence-corrected chi connectivity index (χ4v) is 8.56. The molecule has 5 heteroatoms. The molecule has 0 saturated heterocycles. The lowest BCUT2D eigenvalue weighted by molar-refractivity contribution is 1.07. The maximum Gasteiger partial charge on any atom is 0.164 e. The molecule has 0 saturated carbocycles. The van der Waals surface area contributed by atoms with Gasteiger partial charge in [-0.15, -0.1) is 0 Å². The molecule has 0 bridgehead atoms. The quantitative estimate of drug-likeness (QED) is 0.150. The van der Waals surface area contributed by atoms with E-state index in [0.29, 0.717) is 17.5 Å². The molecule has 0 aliphatic heterocycles. The van der Waals surface area contributed by atoms with Gasteiger partial charge in [-0.25, -0.2) is 15.0 Å². The highest BCUT2D eigenvalue weighted by Gasteiger charge is 2.19. The Kier molecular flexibility index (Phi) is 9.04. The Balaban J connectivity index is 1.20. The Labute approximate surface area is 298 Å². The third kappa shape index (κ3) is 7.35. The summed E-state index contributed by atoms with van der Waals surface area (Å²) in [4.78, 5) is 14.9. The van der Waals surface area contributed by atoms with E-state index < -0.39 is 16.1 Å². The molecular formula is C45H43N3Si2. The summed E-state index contributed by atoms with van der Waals surface area (Å²) in [6, 6.07) is 54.3. The van der Waals surface area contributed by atoms with E-state index >= 15 is 0 Å². The van der Waals surface area contributed by atoms with Crippen molar-refractivity contribution >= 4 is 26.5 Å². The van der Waals surface area contributed by atoms with Crippen LogP contribution in [0.25, 0.3) is 67.5 Å². The molecule has 0 N–H and O–H groups in total. The number of aromatic nitrogens is 3. The molecule has 0 unspecified atom stereocenters. The second kappa shape index (κ2) is 13.6. The molecule has 246 valence electrons. The van der Waals surface area contributed by atoms with E-state index in [0.717, 1.165) is 22.3 Å². The van der Waals surface area contributed by atoms with Crippen LogP contribution in [0.4, 0.5) is 0 Å². The monoisotopic (exact) mass is 681 g/mol. The smallest absolute Gasteiger partial charge is 0.164 e. The molecule has 0 spiro atoms. The van der Waals surface area contributed by atoms with E-state index in [1.807, 2.05) is 18.2 Å². The van der Waals surface area contributed by atoms with Crippen LogP contribution in [0, 0.1) is 0 Å². The molecule has 50 heavy (non-hydrogen) atoms. The molecule has 0 fully saturated rings. The topological polar surface area (TPSA) is 38.7 Å². The van der Waals surface area contributed by atoms with Crippen molar-refractivity contribution in [1.29, 1.82) is 0 Å². The van der Waals surface area contributed by atoms with Crippen molar-refractivity contribution < 1.29 is 0 Å². The summed E-state index contributed by atoms with van der Waals surface area (Å²) >= 11 is 0. The molecule has 7 rings (SSSR count). The molecule has 0 radical (unpaired) electrons. The number of nitrogens with zero attached hydrogens (tertiary/aromatic N) is 3. The van der Waals surface area contributed by atoms with Gasteiger partial charge in [0, 0.05) is 16.7 Å². The van der Waals surface area contributed by atoms with Crippen LogP contribution in [0.15, 0.2) is 152 Å². The lowest BCUT2D eigenvalue weighted by Crippen LogP contribution is -2.37. The largest absolute Gasteiger partial charge is 0.208 e. The highest BCUT2D eigenvalue weighted by molar-refractivity contribution is 6.89. The molecule has 7 aromatic rings. The molecule has 1 heterocycles. The van der Waals surface area contributed by atoms with Crippen LogP contribution in [-0.2, 0) is 0 Å². The minimum absolute atomic E-state index is 0.669. The van der Waals surface area contributed by atoms with Crippen molar-refractivity contribution in [2.45, 2.75) is 39.3 Å². The Bertz CT molecular complexity index is 2270.